The molecule has 2 rings (SSSR count). The predicted octanol–water partition coefficient (Wildman–Crippen LogP) is 3.23. The Morgan fingerprint density at radius 3 is 2.36 bits per heavy atom. The van der Waals surface area contributed by atoms with Crippen molar-refractivity contribution in [3.05, 3.63) is 59.7 Å². The molecule has 0 saturated heterocycles. The molecule has 2 aromatic carbocycles. The number of carbonyl (C=O) groups excluding carboxylic acids is 1. The highest BCUT2D eigenvalue weighted by atomic mass is 16.5. The molecule has 0 spiro atoms. The van der Waals surface area contributed by atoms with Gasteiger partial charge in [0.1, 0.15) is 5.75 Å². The van der Waals surface area contributed by atoms with Gasteiger partial charge < -0.3 is 15.8 Å². The van der Waals surface area contributed by atoms with Gasteiger partial charge in [-0.15, -0.1) is 0 Å². The lowest BCUT2D eigenvalue weighted by Gasteiger charge is -2.09. The van der Waals surface area contributed by atoms with Gasteiger partial charge in [0, 0.05) is 17.8 Å². The number of carbonyl (C=O) groups is 1. The van der Waals surface area contributed by atoms with Gasteiger partial charge >= 0.3 is 0 Å². The van der Waals surface area contributed by atoms with Crippen LogP contribution in [-0.2, 0) is 6.42 Å². The van der Waals surface area contributed by atoms with E-state index in [0.29, 0.717) is 12.2 Å². The molecular formula is C18H22N2O2. The van der Waals surface area contributed by atoms with Crippen LogP contribution in [0.15, 0.2) is 48.5 Å². The van der Waals surface area contributed by atoms with E-state index in [-0.39, 0.29) is 0 Å². The van der Waals surface area contributed by atoms with Crippen LogP contribution in [0.4, 0.5) is 5.69 Å². The Kier molecular flexibility index (Phi) is 5.83. The quantitative estimate of drug-likeness (QED) is 0.735. The molecule has 3 N–H and O–H groups in total. The maximum absolute atomic E-state index is 11.0. The summed E-state index contributed by atoms with van der Waals surface area (Å²) in [6, 6.07) is 15.3. The molecule has 0 aliphatic carbocycles. The van der Waals surface area contributed by atoms with Crippen LogP contribution in [0.2, 0.25) is 0 Å². The first-order chi connectivity index (χ1) is 10.7. The molecule has 0 aliphatic rings. The molecule has 4 nitrogen and oxygen atoms in total. The SMILES string of the molecule is CCc1ccc(OCCCNc2ccc(C(N)=O)cc2)cc1. The zero-order chi connectivity index (χ0) is 15.8. The van der Waals surface area contributed by atoms with Gasteiger partial charge in [0.15, 0.2) is 0 Å². The number of nitrogens with two attached hydrogens (primary N) is 1. The van der Waals surface area contributed by atoms with Crippen LogP contribution < -0.4 is 15.8 Å². The molecule has 0 heterocycles. The molecule has 22 heavy (non-hydrogen) atoms. The molecule has 0 saturated carbocycles. The van der Waals surface area contributed by atoms with Crippen LogP contribution in [0.1, 0.15) is 29.3 Å². The normalized spacial score (nSPS) is 10.2. The van der Waals surface area contributed by atoms with E-state index in [9.17, 15) is 4.79 Å². The van der Waals surface area contributed by atoms with Crippen LogP contribution in [-0.4, -0.2) is 19.1 Å². The molecule has 2 aromatic rings. The number of hydrogen-bond donors (Lipinski definition) is 2. The summed E-state index contributed by atoms with van der Waals surface area (Å²) in [7, 11) is 0. The average molecular weight is 298 g/mol. The lowest BCUT2D eigenvalue weighted by molar-refractivity contribution is 0.100. The van der Waals surface area contributed by atoms with Gasteiger partial charge in [0.2, 0.25) is 5.91 Å². The second-order valence-electron chi connectivity index (χ2n) is 5.07. The van der Waals surface area contributed by atoms with Crippen molar-refractivity contribution in [3.63, 3.8) is 0 Å². The third-order valence-corrected chi connectivity index (χ3v) is 3.42. The molecule has 116 valence electrons. The minimum absolute atomic E-state index is 0.408. The van der Waals surface area contributed by atoms with Crippen LogP contribution in [0, 0.1) is 0 Å². The highest BCUT2D eigenvalue weighted by molar-refractivity contribution is 5.93. The minimum Gasteiger partial charge on any atom is -0.494 e. The van der Waals surface area contributed by atoms with Gasteiger partial charge in [0.05, 0.1) is 6.61 Å². The van der Waals surface area contributed by atoms with E-state index in [4.69, 9.17) is 10.5 Å². The zero-order valence-electron chi connectivity index (χ0n) is 12.8. The largest absolute Gasteiger partial charge is 0.494 e. The Balaban J connectivity index is 1.67. The van der Waals surface area contributed by atoms with Gasteiger partial charge in [-0.05, 0) is 54.8 Å². The second kappa shape index (κ2) is 8.08. The second-order valence-corrected chi connectivity index (χ2v) is 5.07. The number of ether oxygens (including phenoxy) is 1. The number of amides is 1. The van der Waals surface area contributed by atoms with E-state index in [1.54, 1.807) is 12.1 Å². The van der Waals surface area contributed by atoms with Gasteiger partial charge in [-0.1, -0.05) is 19.1 Å². The fourth-order valence-electron chi connectivity index (χ4n) is 2.07. The summed E-state index contributed by atoms with van der Waals surface area (Å²) in [5.74, 6) is 0.497. The maximum Gasteiger partial charge on any atom is 0.248 e. The van der Waals surface area contributed by atoms with Crippen LogP contribution in [0.5, 0.6) is 5.75 Å². The Labute approximate surface area is 131 Å². The number of nitrogens with one attached hydrogen (secondary N) is 1. The van der Waals surface area contributed by atoms with E-state index < -0.39 is 5.91 Å². The summed E-state index contributed by atoms with van der Waals surface area (Å²) in [5.41, 5.74) is 8.00. The van der Waals surface area contributed by atoms with Crippen molar-refractivity contribution in [1.29, 1.82) is 0 Å². The first-order valence-corrected chi connectivity index (χ1v) is 7.54. The number of hydrogen-bond acceptors (Lipinski definition) is 3. The van der Waals surface area contributed by atoms with Gasteiger partial charge in [-0.25, -0.2) is 0 Å². The summed E-state index contributed by atoms with van der Waals surface area (Å²) in [6.45, 7) is 3.61. The third kappa shape index (κ3) is 4.81. The molecule has 4 heteroatoms. The smallest absolute Gasteiger partial charge is 0.248 e. The van der Waals surface area contributed by atoms with Crippen molar-refractivity contribution in [3.8, 4) is 5.75 Å². The standard InChI is InChI=1S/C18H22N2O2/c1-2-14-4-10-17(11-5-14)22-13-3-12-20-16-8-6-15(7-9-16)18(19)21/h4-11,20H,2-3,12-13H2,1H3,(H2,19,21). The third-order valence-electron chi connectivity index (χ3n) is 3.42. The summed E-state index contributed by atoms with van der Waals surface area (Å²) >= 11 is 0. The molecule has 0 unspecified atom stereocenters. The summed E-state index contributed by atoms with van der Waals surface area (Å²) < 4.78 is 5.69. The van der Waals surface area contributed by atoms with Crippen LogP contribution in [0.3, 0.4) is 0 Å². The van der Waals surface area contributed by atoms with E-state index in [1.807, 2.05) is 24.3 Å². The molecule has 0 fully saturated rings. The molecule has 0 bridgehead atoms. The summed E-state index contributed by atoms with van der Waals surface area (Å²) in [6.07, 6.45) is 1.94. The van der Waals surface area contributed by atoms with Crippen molar-refractivity contribution in [2.75, 3.05) is 18.5 Å². The van der Waals surface area contributed by atoms with Crippen LogP contribution in [0.25, 0.3) is 0 Å². The average Bonchev–Trinajstić information content (AvgIpc) is 2.55. The Hall–Kier alpha value is -2.49. The molecule has 0 aromatic heterocycles. The molecule has 0 atom stereocenters. The van der Waals surface area contributed by atoms with Crippen LogP contribution >= 0.6 is 0 Å². The van der Waals surface area contributed by atoms with E-state index in [2.05, 4.69) is 24.4 Å². The highest BCUT2D eigenvalue weighted by Gasteiger charge is 1.99. The van der Waals surface area contributed by atoms with Gasteiger partial charge in [-0.3, -0.25) is 4.79 Å². The number of benzene rings is 2. The van der Waals surface area contributed by atoms with Crippen molar-refractivity contribution < 1.29 is 9.53 Å². The lowest BCUT2D eigenvalue weighted by atomic mass is 10.2. The number of aryl methyl sites for hydroxylation is 1. The number of rotatable bonds is 8. The fourth-order valence-corrected chi connectivity index (χ4v) is 2.07. The highest BCUT2D eigenvalue weighted by Crippen LogP contribution is 2.13. The Morgan fingerprint density at radius 2 is 1.77 bits per heavy atom. The van der Waals surface area contributed by atoms with Crippen molar-refractivity contribution in [1.82, 2.24) is 0 Å². The monoisotopic (exact) mass is 298 g/mol. The Morgan fingerprint density at radius 1 is 1.09 bits per heavy atom. The Bertz CT molecular complexity index is 591. The fraction of sp³-hybridized carbons (Fsp3) is 0.278. The van der Waals surface area contributed by atoms with E-state index >= 15 is 0 Å². The van der Waals surface area contributed by atoms with Crippen molar-refractivity contribution in [2.24, 2.45) is 5.73 Å². The molecular weight excluding hydrogens is 276 g/mol. The summed E-state index contributed by atoms with van der Waals surface area (Å²) in [4.78, 5) is 11.0. The van der Waals surface area contributed by atoms with E-state index in [1.165, 1.54) is 5.56 Å². The van der Waals surface area contributed by atoms with E-state index in [0.717, 1.165) is 30.8 Å². The first kappa shape index (κ1) is 15.9. The van der Waals surface area contributed by atoms with Gasteiger partial charge in [-0.2, -0.15) is 0 Å². The molecule has 1 amide bonds. The topological polar surface area (TPSA) is 64.3 Å². The summed E-state index contributed by atoms with van der Waals surface area (Å²) in [5, 5.41) is 3.28. The first-order valence-electron chi connectivity index (χ1n) is 7.54. The lowest BCUT2D eigenvalue weighted by Crippen LogP contribution is -2.11. The number of primary amides is 1. The minimum atomic E-state index is -0.408. The zero-order valence-corrected chi connectivity index (χ0v) is 12.8. The van der Waals surface area contributed by atoms with Crippen molar-refractivity contribution >= 4 is 11.6 Å². The predicted molar refractivity (Wildman–Crippen MR) is 89.4 cm³/mol. The number of anilines is 1. The molecule has 0 radical (unpaired) electrons. The van der Waals surface area contributed by atoms with Gasteiger partial charge in [0.25, 0.3) is 0 Å². The molecule has 0 aliphatic heterocycles. The maximum atomic E-state index is 11.0. The van der Waals surface area contributed by atoms with Crippen molar-refractivity contribution in [2.45, 2.75) is 19.8 Å².